The van der Waals surface area contributed by atoms with Gasteiger partial charge in [0.15, 0.2) is 0 Å². The van der Waals surface area contributed by atoms with Crippen molar-refractivity contribution in [1.82, 2.24) is 4.90 Å². The largest absolute Gasteiger partial charge is 0.342 e. The number of nitrogens with two attached hydrogens (primary N) is 1. The third-order valence-corrected chi connectivity index (χ3v) is 2.43. The van der Waals surface area contributed by atoms with E-state index < -0.39 is 0 Å². The SMILES string of the molecule is C=CCN(C)C(=O)CC(CN)CC(C)C. The molecule has 1 amide bonds. The molecule has 0 aliphatic rings. The van der Waals surface area contributed by atoms with Gasteiger partial charge in [0, 0.05) is 20.0 Å². The molecule has 0 bridgehead atoms. The van der Waals surface area contributed by atoms with Gasteiger partial charge in [-0.25, -0.2) is 0 Å². The zero-order valence-corrected chi connectivity index (χ0v) is 10.2. The van der Waals surface area contributed by atoms with Crippen LogP contribution < -0.4 is 5.73 Å². The summed E-state index contributed by atoms with van der Waals surface area (Å²) in [6, 6.07) is 0. The smallest absolute Gasteiger partial charge is 0.222 e. The molecule has 0 saturated heterocycles. The molecule has 0 heterocycles. The number of hydrogen-bond acceptors (Lipinski definition) is 2. The zero-order valence-electron chi connectivity index (χ0n) is 10.2. The first kappa shape index (κ1) is 14.2. The first-order valence-electron chi connectivity index (χ1n) is 5.56. The molecule has 0 aromatic rings. The average Bonchev–Trinajstić information content (AvgIpc) is 2.16. The predicted molar refractivity (Wildman–Crippen MR) is 64.5 cm³/mol. The fourth-order valence-corrected chi connectivity index (χ4v) is 1.63. The van der Waals surface area contributed by atoms with Crippen LogP contribution in [-0.4, -0.2) is 30.9 Å². The summed E-state index contributed by atoms with van der Waals surface area (Å²) >= 11 is 0. The first-order valence-corrected chi connectivity index (χ1v) is 5.56. The van der Waals surface area contributed by atoms with Gasteiger partial charge in [-0.3, -0.25) is 4.79 Å². The van der Waals surface area contributed by atoms with Crippen molar-refractivity contribution in [3.8, 4) is 0 Å². The number of rotatable bonds is 7. The second-order valence-electron chi connectivity index (χ2n) is 4.50. The minimum absolute atomic E-state index is 0.158. The van der Waals surface area contributed by atoms with Crippen molar-refractivity contribution in [2.24, 2.45) is 17.6 Å². The van der Waals surface area contributed by atoms with E-state index in [0.717, 1.165) is 6.42 Å². The van der Waals surface area contributed by atoms with E-state index in [4.69, 9.17) is 5.73 Å². The summed E-state index contributed by atoms with van der Waals surface area (Å²) in [6.45, 7) is 9.12. The topological polar surface area (TPSA) is 46.3 Å². The Morgan fingerprint density at radius 1 is 1.53 bits per heavy atom. The predicted octanol–water partition coefficient (Wildman–Crippen LogP) is 1.64. The monoisotopic (exact) mass is 212 g/mol. The normalized spacial score (nSPS) is 12.6. The van der Waals surface area contributed by atoms with Gasteiger partial charge in [-0.05, 0) is 24.8 Å². The van der Waals surface area contributed by atoms with Crippen LogP contribution in [0.15, 0.2) is 12.7 Å². The highest BCUT2D eigenvalue weighted by atomic mass is 16.2. The Morgan fingerprint density at radius 3 is 2.53 bits per heavy atom. The second kappa shape index (κ2) is 7.46. The van der Waals surface area contributed by atoms with Crippen LogP contribution in [0.2, 0.25) is 0 Å². The van der Waals surface area contributed by atoms with E-state index in [1.54, 1.807) is 18.0 Å². The van der Waals surface area contributed by atoms with Crippen LogP contribution in [0.4, 0.5) is 0 Å². The molecule has 0 rings (SSSR count). The molecule has 0 fully saturated rings. The molecule has 0 radical (unpaired) electrons. The number of carbonyl (C=O) groups excluding carboxylic acids is 1. The van der Waals surface area contributed by atoms with Gasteiger partial charge in [-0.15, -0.1) is 6.58 Å². The second-order valence-corrected chi connectivity index (χ2v) is 4.50. The van der Waals surface area contributed by atoms with Gasteiger partial charge >= 0.3 is 0 Å². The number of carbonyl (C=O) groups is 1. The number of likely N-dealkylation sites (N-methyl/N-ethyl adjacent to an activating group) is 1. The summed E-state index contributed by atoms with van der Waals surface area (Å²) in [5.41, 5.74) is 5.65. The Hall–Kier alpha value is -0.830. The Bertz CT molecular complexity index is 202. The molecule has 15 heavy (non-hydrogen) atoms. The molecule has 88 valence electrons. The number of amides is 1. The molecule has 0 spiro atoms. The number of nitrogens with zero attached hydrogens (tertiary/aromatic N) is 1. The summed E-state index contributed by atoms with van der Waals surface area (Å²) in [7, 11) is 1.80. The van der Waals surface area contributed by atoms with Crippen molar-refractivity contribution >= 4 is 5.91 Å². The van der Waals surface area contributed by atoms with E-state index in [-0.39, 0.29) is 5.91 Å². The van der Waals surface area contributed by atoms with Crippen LogP contribution in [0.3, 0.4) is 0 Å². The maximum absolute atomic E-state index is 11.7. The lowest BCUT2D eigenvalue weighted by atomic mass is 9.94. The van der Waals surface area contributed by atoms with E-state index in [0.29, 0.717) is 31.3 Å². The van der Waals surface area contributed by atoms with Gasteiger partial charge in [0.2, 0.25) is 5.91 Å². The van der Waals surface area contributed by atoms with Crippen molar-refractivity contribution in [2.75, 3.05) is 20.1 Å². The molecule has 0 aromatic heterocycles. The fourth-order valence-electron chi connectivity index (χ4n) is 1.63. The summed E-state index contributed by atoms with van der Waals surface area (Å²) in [5, 5.41) is 0. The molecule has 0 aliphatic heterocycles. The fraction of sp³-hybridized carbons (Fsp3) is 0.750. The number of hydrogen-bond donors (Lipinski definition) is 1. The van der Waals surface area contributed by atoms with Crippen molar-refractivity contribution in [1.29, 1.82) is 0 Å². The molecule has 1 unspecified atom stereocenters. The standard InChI is InChI=1S/C12H24N2O/c1-5-6-14(4)12(15)8-11(9-13)7-10(2)3/h5,10-11H,1,6-9,13H2,2-4H3. The van der Waals surface area contributed by atoms with E-state index in [2.05, 4.69) is 20.4 Å². The zero-order chi connectivity index (χ0) is 11.8. The van der Waals surface area contributed by atoms with Gasteiger partial charge in [0.1, 0.15) is 0 Å². The Morgan fingerprint density at radius 2 is 2.13 bits per heavy atom. The van der Waals surface area contributed by atoms with Crippen LogP contribution in [0.1, 0.15) is 26.7 Å². The highest BCUT2D eigenvalue weighted by Gasteiger charge is 2.16. The Labute approximate surface area is 93.3 Å². The van der Waals surface area contributed by atoms with E-state index >= 15 is 0 Å². The lowest BCUT2D eigenvalue weighted by Crippen LogP contribution is -2.30. The molecule has 3 nitrogen and oxygen atoms in total. The van der Waals surface area contributed by atoms with Crippen molar-refractivity contribution in [3.05, 3.63) is 12.7 Å². The van der Waals surface area contributed by atoms with Crippen molar-refractivity contribution < 1.29 is 4.79 Å². The molecule has 0 saturated carbocycles. The van der Waals surface area contributed by atoms with E-state index in [1.165, 1.54) is 0 Å². The highest BCUT2D eigenvalue weighted by Crippen LogP contribution is 2.15. The van der Waals surface area contributed by atoms with Crippen LogP contribution in [-0.2, 0) is 4.79 Å². The Balaban J connectivity index is 4.05. The first-order chi connectivity index (χ1) is 7.01. The molecule has 0 aromatic carbocycles. The summed E-state index contributed by atoms with van der Waals surface area (Å²) in [6.07, 6.45) is 3.31. The third kappa shape index (κ3) is 6.28. The summed E-state index contributed by atoms with van der Waals surface area (Å²) in [4.78, 5) is 13.4. The molecular weight excluding hydrogens is 188 g/mol. The van der Waals surface area contributed by atoms with Crippen LogP contribution in [0, 0.1) is 11.8 Å². The summed E-state index contributed by atoms with van der Waals surface area (Å²) in [5.74, 6) is 1.06. The molecule has 0 aliphatic carbocycles. The lowest BCUT2D eigenvalue weighted by Gasteiger charge is -2.20. The maximum atomic E-state index is 11.7. The minimum atomic E-state index is 0.158. The quantitative estimate of drug-likeness (QED) is 0.652. The van der Waals surface area contributed by atoms with Gasteiger partial charge in [0.25, 0.3) is 0 Å². The van der Waals surface area contributed by atoms with Gasteiger partial charge in [0.05, 0.1) is 0 Å². The molecule has 1 atom stereocenters. The lowest BCUT2D eigenvalue weighted by molar-refractivity contribution is -0.130. The van der Waals surface area contributed by atoms with Crippen molar-refractivity contribution in [3.63, 3.8) is 0 Å². The highest BCUT2D eigenvalue weighted by molar-refractivity contribution is 5.76. The molecule has 3 heteroatoms. The molecule has 2 N–H and O–H groups in total. The van der Waals surface area contributed by atoms with Crippen LogP contribution in [0.5, 0.6) is 0 Å². The maximum Gasteiger partial charge on any atom is 0.222 e. The Kier molecular flexibility index (Phi) is 7.05. The minimum Gasteiger partial charge on any atom is -0.342 e. The van der Waals surface area contributed by atoms with Gasteiger partial charge < -0.3 is 10.6 Å². The third-order valence-electron chi connectivity index (χ3n) is 2.43. The van der Waals surface area contributed by atoms with E-state index in [1.807, 2.05) is 0 Å². The van der Waals surface area contributed by atoms with Crippen LogP contribution in [0.25, 0.3) is 0 Å². The van der Waals surface area contributed by atoms with E-state index in [9.17, 15) is 4.79 Å². The van der Waals surface area contributed by atoms with Gasteiger partial charge in [-0.2, -0.15) is 0 Å². The van der Waals surface area contributed by atoms with Gasteiger partial charge in [-0.1, -0.05) is 19.9 Å². The summed E-state index contributed by atoms with van der Waals surface area (Å²) < 4.78 is 0. The van der Waals surface area contributed by atoms with Crippen molar-refractivity contribution in [2.45, 2.75) is 26.7 Å². The van der Waals surface area contributed by atoms with Crippen LogP contribution >= 0.6 is 0 Å². The molecular formula is C12H24N2O. The average molecular weight is 212 g/mol.